The molecule has 10 rings (SSSR count). The van der Waals surface area contributed by atoms with Crippen LogP contribution in [0.3, 0.4) is 0 Å². The summed E-state index contributed by atoms with van der Waals surface area (Å²) in [5.74, 6) is 2.01. The van der Waals surface area contributed by atoms with E-state index < -0.39 is 0 Å². The highest BCUT2D eigenvalue weighted by molar-refractivity contribution is 5.93. The second kappa shape index (κ2) is 9.66. The summed E-state index contributed by atoms with van der Waals surface area (Å²) in [5, 5.41) is 2.42. The molecule has 0 amide bonds. The minimum absolute atomic E-state index is 0.125. The fourth-order valence-corrected chi connectivity index (χ4v) is 8.16. The van der Waals surface area contributed by atoms with Crippen LogP contribution in [0.15, 0.2) is 81.3 Å². The number of fused-ring (bicyclic) bond motifs is 9. The summed E-state index contributed by atoms with van der Waals surface area (Å²) in [6.07, 6.45) is 27.6. The molecule has 1 unspecified atom stereocenters. The molecular weight excluding hydrogens is 552 g/mol. The third kappa shape index (κ3) is 3.73. The van der Waals surface area contributed by atoms with Crippen LogP contribution in [0.2, 0.25) is 0 Å². The Morgan fingerprint density at radius 1 is 0.844 bits per heavy atom. The Bertz CT molecular complexity index is 2340. The first-order chi connectivity index (χ1) is 22.3. The highest BCUT2D eigenvalue weighted by Gasteiger charge is 2.34. The highest BCUT2D eigenvalue weighted by Crippen LogP contribution is 2.44. The quantitative estimate of drug-likeness (QED) is 0.196. The molecular formula is C41H32N2O2. The second-order valence-corrected chi connectivity index (χ2v) is 12.6. The third-order valence-electron chi connectivity index (χ3n) is 10.1. The van der Waals surface area contributed by atoms with Gasteiger partial charge in [0.2, 0.25) is 0 Å². The number of hydrogen-bond donors (Lipinski definition) is 0. The van der Waals surface area contributed by atoms with Crippen molar-refractivity contribution in [3.63, 3.8) is 0 Å². The summed E-state index contributed by atoms with van der Waals surface area (Å²) in [6, 6.07) is 17.7. The predicted molar refractivity (Wildman–Crippen MR) is 183 cm³/mol. The second-order valence-electron chi connectivity index (χ2n) is 12.6. The molecule has 0 radical (unpaired) electrons. The van der Waals surface area contributed by atoms with Gasteiger partial charge >= 0.3 is 0 Å². The smallest absolute Gasteiger partial charge is 0.143 e. The van der Waals surface area contributed by atoms with Crippen molar-refractivity contribution < 1.29 is 8.83 Å². The summed E-state index contributed by atoms with van der Waals surface area (Å²) in [6.45, 7) is 0. The Morgan fingerprint density at radius 3 is 2.73 bits per heavy atom. The summed E-state index contributed by atoms with van der Waals surface area (Å²) in [5.41, 5.74) is 16.8. The Kier molecular flexibility index (Phi) is 5.40. The van der Waals surface area contributed by atoms with Crippen LogP contribution < -0.4 is 15.5 Å². The van der Waals surface area contributed by atoms with Crippen LogP contribution >= 0.6 is 0 Å². The van der Waals surface area contributed by atoms with E-state index in [-0.39, 0.29) is 6.04 Å². The van der Waals surface area contributed by atoms with Crippen LogP contribution in [0.25, 0.3) is 58.8 Å². The van der Waals surface area contributed by atoms with Gasteiger partial charge < -0.3 is 18.3 Å². The molecule has 0 bridgehead atoms. The SMILES string of the molecule is C1=Cc2oc3c(c2C=1)C(N(c1ccc2oc4c(c2c1)=CCCC=4)C1C=Cc2c(c4c(n2-c2ccccc2)CCC=C4)C1)=CCC3. The molecule has 45 heavy (non-hydrogen) atoms. The van der Waals surface area contributed by atoms with E-state index in [4.69, 9.17) is 8.83 Å². The average molecular weight is 585 g/mol. The van der Waals surface area contributed by atoms with Gasteiger partial charge in [0, 0.05) is 62.7 Å². The van der Waals surface area contributed by atoms with E-state index in [1.165, 1.54) is 55.8 Å². The first kappa shape index (κ1) is 25.2. The van der Waals surface area contributed by atoms with Gasteiger partial charge in [0.15, 0.2) is 0 Å². The van der Waals surface area contributed by atoms with Crippen LogP contribution in [0, 0.1) is 0 Å². The molecule has 3 aromatic heterocycles. The lowest BCUT2D eigenvalue weighted by molar-refractivity contribution is 0.498. The molecule has 0 fully saturated rings. The van der Waals surface area contributed by atoms with Gasteiger partial charge in [-0.15, -0.1) is 5.73 Å². The maximum atomic E-state index is 6.40. The molecule has 2 aromatic carbocycles. The third-order valence-corrected chi connectivity index (χ3v) is 10.1. The molecule has 4 nitrogen and oxygen atoms in total. The van der Waals surface area contributed by atoms with Crippen LogP contribution in [0.4, 0.5) is 5.69 Å². The van der Waals surface area contributed by atoms with Gasteiger partial charge in [-0.25, -0.2) is 0 Å². The molecule has 0 aliphatic heterocycles. The van der Waals surface area contributed by atoms with Crippen LogP contribution in [0.1, 0.15) is 70.8 Å². The normalized spacial score (nSPS) is 18.5. The number of allylic oxidation sites excluding steroid dienone is 2. The molecule has 0 N–H and O–H groups in total. The van der Waals surface area contributed by atoms with E-state index in [0.717, 1.165) is 73.0 Å². The van der Waals surface area contributed by atoms with Crippen molar-refractivity contribution in [2.45, 2.75) is 51.0 Å². The van der Waals surface area contributed by atoms with E-state index in [9.17, 15) is 0 Å². The first-order valence-corrected chi connectivity index (χ1v) is 16.3. The predicted octanol–water partition coefficient (Wildman–Crippen LogP) is 8.20. The lowest BCUT2D eigenvalue weighted by Gasteiger charge is -2.37. The number of benzene rings is 2. The van der Waals surface area contributed by atoms with Crippen molar-refractivity contribution in [3.8, 4) is 5.69 Å². The molecule has 0 saturated heterocycles. The molecule has 5 aromatic rings. The molecule has 5 aliphatic rings. The molecule has 0 spiro atoms. The fourth-order valence-electron chi connectivity index (χ4n) is 8.16. The van der Waals surface area contributed by atoms with Crippen molar-refractivity contribution >= 4 is 58.8 Å². The van der Waals surface area contributed by atoms with E-state index in [2.05, 4.69) is 112 Å². The first-order valence-electron chi connectivity index (χ1n) is 16.3. The van der Waals surface area contributed by atoms with Gasteiger partial charge in [-0.3, -0.25) is 0 Å². The fraction of sp³-hybridized carbons (Fsp3) is 0.195. The number of furan rings is 2. The highest BCUT2D eigenvalue weighted by atomic mass is 16.3. The van der Waals surface area contributed by atoms with Gasteiger partial charge in [0.05, 0.1) is 6.04 Å². The summed E-state index contributed by atoms with van der Waals surface area (Å²) >= 11 is 0. The molecule has 4 heteroatoms. The number of para-hydroxylation sites is 1. The maximum absolute atomic E-state index is 6.40. The zero-order valence-corrected chi connectivity index (χ0v) is 25.1. The van der Waals surface area contributed by atoms with Crippen LogP contribution in [-0.2, 0) is 19.3 Å². The molecule has 1 atom stereocenters. The number of nitrogens with zero attached hydrogens (tertiary/aromatic N) is 2. The maximum Gasteiger partial charge on any atom is 0.143 e. The lowest BCUT2D eigenvalue weighted by atomic mass is 9.90. The number of aromatic nitrogens is 1. The number of rotatable bonds is 4. The number of anilines is 1. The van der Waals surface area contributed by atoms with Crippen LogP contribution in [-0.4, -0.2) is 10.6 Å². The van der Waals surface area contributed by atoms with Crippen molar-refractivity contribution in [1.82, 2.24) is 4.57 Å². The minimum Gasteiger partial charge on any atom is -0.460 e. The van der Waals surface area contributed by atoms with Crippen molar-refractivity contribution in [3.05, 3.63) is 128 Å². The van der Waals surface area contributed by atoms with Crippen LogP contribution in [0.5, 0.6) is 0 Å². The van der Waals surface area contributed by atoms with E-state index in [0.29, 0.717) is 0 Å². The van der Waals surface area contributed by atoms with Gasteiger partial charge in [0.1, 0.15) is 22.5 Å². The van der Waals surface area contributed by atoms with Crippen molar-refractivity contribution in [2.75, 3.05) is 4.90 Å². The number of hydrogen-bond acceptors (Lipinski definition) is 3. The Morgan fingerprint density at radius 2 is 1.78 bits per heavy atom. The standard InChI is InChI=1S/C41H32N2O2/c1-2-10-26(11-3-1)43-34-15-6-4-12-29(34)32-24-27(20-22-35(32)43)42(36-16-9-19-40-41(36)31-14-8-18-38(31)45-40)28-21-23-39-33(25-28)30-13-5-7-17-37(30)44-39/h1-4,10-14,16-18,20-23,25,27H,5-7,9,15,19,24H2. The summed E-state index contributed by atoms with van der Waals surface area (Å²) in [7, 11) is 0. The zero-order chi connectivity index (χ0) is 29.5. The summed E-state index contributed by atoms with van der Waals surface area (Å²) in [4.78, 5) is 2.57. The molecule has 218 valence electrons. The zero-order valence-electron chi connectivity index (χ0n) is 25.1. The van der Waals surface area contributed by atoms with Gasteiger partial charge in [-0.1, -0.05) is 48.6 Å². The molecule has 0 saturated carbocycles. The van der Waals surface area contributed by atoms with Gasteiger partial charge in [-0.05, 0) is 98.2 Å². The Hall–Kier alpha value is -5.18. The van der Waals surface area contributed by atoms with Crippen molar-refractivity contribution in [1.29, 1.82) is 0 Å². The lowest BCUT2D eigenvalue weighted by Crippen LogP contribution is -2.36. The monoisotopic (exact) mass is 584 g/mol. The molecule has 5 aliphatic carbocycles. The largest absolute Gasteiger partial charge is 0.460 e. The van der Waals surface area contributed by atoms with E-state index in [1.54, 1.807) is 0 Å². The van der Waals surface area contributed by atoms with Gasteiger partial charge in [-0.2, -0.15) is 0 Å². The Balaban J connectivity index is 1.17. The minimum atomic E-state index is 0.125. The molecule has 3 heterocycles. The van der Waals surface area contributed by atoms with E-state index >= 15 is 0 Å². The Labute approximate surface area is 261 Å². The van der Waals surface area contributed by atoms with E-state index in [1.807, 2.05) is 6.08 Å². The van der Waals surface area contributed by atoms with Gasteiger partial charge in [0.25, 0.3) is 0 Å². The van der Waals surface area contributed by atoms with Crippen molar-refractivity contribution in [2.24, 2.45) is 0 Å². The number of aryl methyl sites for hydroxylation is 1. The average Bonchev–Trinajstić information content (AvgIpc) is 3.85. The topological polar surface area (TPSA) is 34.5 Å². The summed E-state index contributed by atoms with van der Waals surface area (Å²) < 4.78 is 15.2.